The highest BCUT2D eigenvalue weighted by Crippen LogP contribution is 2.02. The van der Waals surface area contributed by atoms with Crippen molar-refractivity contribution in [3.05, 3.63) is 66.7 Å². The maximum absolute atomic E-state index is 11.8. The Bertz CT molecular complexity index is 448. The number of allylic oxidation sites excluding steroid dienone is 3. The Morgan fingerprint density at radius 3 is 2.50 bits per heavy atom. The maximum atomic E-state index is 11.8. The van der Waals surface area contributed by atoms with E-state index in [0.29, 0.717) is 11.3 Å². The summed E-state index contributed by atoms with van der Waals surface area (Å²) >= 11 is 0. The van der Waals surface area contributed by atoms with Crippen molar-refractivity contribution < 1.29 is 4.79 Å². The molecule has 3 heteroatoms. The van der Waals surface area contributed by atoms with Crippen LogP contribution in [-0.2, 0) is 0 Å². The predicted molar refractivity (Wildman–Crippen MR) is 76.3 cm³/mol. The number of carbonyl (C=O) groups is 1. The lowest BCUT2D eigenvalue weighted by Crippen LogP contribution is -2.21. The zero-order chi connectivity index (χ0) is 14.0. The largest absolute Gasteiger partial charge is 0.322 e. The number of hydrogen-bond donors (Lipinski definition) is 1. The highest BCUT2D eigenvalue weighted by atomic mass is 16.1. The molecule has 0 saturated heterocycles. The Morgan fingerprint density at radius 1 is 1.33 bits per heavy atom. The van der Waals surface area contributed by atoms with Gasteiger partial charge in [0, 0.05) is 18.1 Å². The summed E-state index contributed by atoms with van der Waals surface area (Å²) in [5.74, 6) is -0.204. The zero-order valence-corrected chi connectivity index (χ0v) is 11.2. The van der Waals surface area contributed by atoms with Gasteiger partial charge >= 0.3 is 0 Å². The Hall–Kier alpha value is -2.16. The van der Waals surface area contributed by atoms with Crippen molar-refractivity contribution >= 4 is 5.91 Å². The van der Waals surface area contributed by atoms with Crippen LogP contribution in [0.2, 0.25) is 0 Å². The van der Waals surface area contributed by atoms with Crippen LogP contribution in [-0.4, -0.2) is 10.9 Å². The smallest absolute Gasteiger partial charge is 0.257 e. The summed E-state index contributed by atoms with van der Waals surface area (Å²) in [5.41, 5.74) is 2.08. The Balaban J connectivity index is 0.00000137. The molecule has 0 aromatic carbocycles. The molecule has 1 aromatic heterocycles. The highest BCUT2D eigenvalue weighted by molar-refractivity contribution is 5.95. The van der Waals surface area contributed by atoms with Crippen LogP contribution in [0.15, 0.2) is 55.5 Å². The van der Waals surface area contributed by atoms with E-state index in [1.54, 1.807) is 30.5 Å². The van der Waals surface area contributed by atoms with Crippen LogP contribution in [0, 0.1) is 6.92 Å². The zero-order valence-electron chi connectivity index (χ0n) is 11.2. The molecule has 0 saturated carbocycles. The summed E-state index contributed by atoms with van der Waals surface area (Å²) in [6.45, 7) is 13.0. The molecule has 0 radical (unpaired) electrons. The van der Waals surface area contributed by atoms with Crippen molar-refractivity contribution in [1.82, 2.24) is 10.3 Å². The molecule has 96 valence electrons. The predicted octanol–water partition coefficient (Wildman–Crippen LogP) is 3.40. The molecular formula is C15H20N2O. The fourth-order valence-corrected chi connectivity index (χ4v) is 1.17. The van der Waals surface area contributed by atoms with Gasteiger partial charge in [-0.05, 0) is 30.7 Å². The van der Waals surface area contributed by atoms with Crippen molar-refractivity contribution in [2.75, 3.05) is 0 Å². The number of hydrogen-bond acceptors (Lipinski definition) is 2. The number of carbonyl (C=O) groups excluding carboxylic acids is 1. The van der Waals surface area contributed by atoms with Gasteiger partial charge in [0.2, 0.25) is 0 Å². The van der Waals surface area contributed by atoms with Gasteiger partial charge in [-0.15, -0.1) is 0 Å². The second kappa shape index (κ2) is 8.93. The van der Waals surface area contributed by atoms with Crippen LogP contribution in [0.3, 0.4) is 0 Å². The normalized spacial score (nSPS) is 9.83. The molecule has 1 amide bonds. The van der Waals surface area contributed by atoms with Crippen LogP contribution in [0.25, 0.3) is 0 Å². The highest BCUT2D eigenvalue weighted by Gasteiger charge is 2.06. The average Bonchev–Trinajstić information content (AvgIpc) is 2.40. The van der Waals surface area contributed by atoms with Crippen LogP contribution in [0.1, 0.15) is 29.8 Å². The molecular weight excluding hydrogens is 224 g/mol. The van der Waals surface area contributed by atoms with Crippen LogP contribution in [0.4, 0.5) is 0 Å². The topological polar surface area (TPSA) is 42.0 Å². The van der Waals surface area contributed by atoms with Gasteiger partial charge < -0.3 is 5.32 Å². The molecule has 1 aromatic rings. The quantitative estimate of drug-likeness (QED) is 0.825. The lowest BCUT2D eigenvalue weighted by atomic mass is 10.2. The summed E-state index contributed by atoms with van der Waals surface area (Å²) in [7, 11) is 0. The van der Waals surface area contributed by atoms with E-state index in [1.807, 2.05) is 20.8 Å². The standard InChI is InChI=1S/C13H14N2O.C2H6/c1-4-6-12(5-2)15-13(16)11-7-10(3)8-14-9-11;1-2/h4-9H,1-2H2,3H3,(H,15,16);1-2H3/b12-6+;. The van der Waals surface area contributed by atoms with Gasteiger partial charge in [-0.25, -0.2) is 0 Å². The van der Waals surface area contributed by atoms with Gasteiger partial charge in [0.1, 0.15) is 0 Å². The third-order valence-electron chi connectivity index (χ3n) is 1.91. The van der Waals surface area contributed by atoms with Gasteiger partial charge in [0.15, 0.2) is 0 Å². The number of amides is 1. The Kier molecular flexibility index (Phi) is 7.86. The van der Waals surface area contributed by atoms with E-state index in [0.717, 1.165) is 5.56 Å². The first-order valence-corrected chi connectivity index (χ1v) is 5.85. The lowest BCUT2D eigenvalue weighted by molar-refractivity contribution is 0.0966. The molecule has 0 aliphatic carbocycles. The number of pyridine rings is 1. The molecule has 0 bridgehead atoms. The third-order valence-corrected chi connectivity index (χ3v) is 1.91. The minimum Gasteiger partial charge on any atom is -0.322 e. The fraction of sp³-hybridized carbons (Fsp3) is 0.200. The number of rotatable bonds is 4. The van der Waals surface area contributed by atoms with Crippen LogP contribution < -0.4 is 5.32 Å². The average molecular weight is 244 g/mol. The first-order valence-electron chi connectivity index (χ1n) is 5.85. The number of nitrogens with one attached hydrogen (secondary N) is 1. The second-order valence-electron chi connectivity index (χ2n) is 3.27. The minimum absolute atomic E-state index is 0.204. The monoisotopic (exact) mass is 244 g/mol. The lowest BCUT2D eigenvalue weighted by Gasteiger charge is -2.05. The summed E-state index contributed by atoms with van der Waals surface area (Å²) in [4.78, 5) is 15.7. The number of aryl methyl sites for hydroxylation is 1. The van der Waals surface area contributed by atoms with Crippen molar-refractivity contribution in [2.45, 2.75) is 20.8 Å². The van der Waals surface area contributed by atoms with E-state index in [2.05, 4.69) is 23.5 Å². The molecule has 0 fully saturated rings. The van der Waals surface area contributed by atoms with Gasteiger partial charge in [0.25, 0.3) is 5.91 Å². The molecule has 0 atom stereocenters. The third kappa shape index (κ3) is 5.25. The molecule has 1 heterocycles. The maximum Gasteiger partial charge on any atom is 0.257 e. The second-order valence-corrected chi connectivity index (χ2v) is 3.27. The van der Waals surface area contributed by atoms with Crippen LogP contribution >= 0.6 is 0 Å². The van der Waals surface area contributed by atoms with E-state index in [4.69, 9.17) is 0 Å². The van der Waals surface area contributed by atoms with Gasteiger partial charge in [-0.1, -0.05) is 33.1 Å². The van der Waals surface area contributed by atoms with Gasteiger partial charge in [-0.3, -0.25) is 9.78 Å². The van der Waals surface area contributed by atoms with E-state index in [9.17, 15) is 4.79 Å². The van der Waals surface area contributed by atoms with E-state index in [1.165, 1.54) is 6.20 Å². The summed E-state index contributed by atoms with van der Waals surface area (Å²) < 4.78 is 0. The van der Waals surface area contributed by atoms with Crippen LogP contribution in [0.5, 0.6) is 0 Å². The Labute approximate surface area is 109 Å². The van der Waals surface area contributed by atoms with E-state index in [-0.39, 0.29) is 5.91 Å². The molecule has 18 heavy (non-hydrogen) atoms. The molecule has 0 aliphatic rings. The number of aromatic nitrogens is 1. The fourth-order valence-electron chi connectivity index (χ4n) is 1.17. The van der Waals surface area contributed by atoms with Crippen molar-refractivity contribution in [2.24, 2.45) is 0 Å². The first kappa shape index (κ1) is 15.8. The first-order chi connectivity index (χ1) is 8.67. The molecule has 0 unspecified atom stereocenters. The van der Waals surface area contributed by atoms with Crippen molar-refractivity contribution in [3.8, 4) is 0 Å². The summed E-state index contributed by atoms with van der Waals surface area (Å²) in [6, 6.07) is 1.77. The van der Waals surface area contributed by atoms with Crippen molar-refractivity contribution in [3.63, 3.8) is 0 Å². The summed E-state index contributed by atoms with van der Waals surface area (Å²) in [6.07, 6.45) is 8.05. The minimum atomic E-state index is -0.204. The van der Waals surface area contributed by atoms with E-state index < -0.39 is 0 Å². The molecule has 0 spiro atoms. The van der Waals surface area contributed by atoms with Gasteiger partial charge in [-0.2, -0.15) is 0 Å². The summed E-state index contributed by atoms with van der Waals surface area (Å²) in [5, 5.41) is 2.70. The molecule has 3 nitrogen and oxygen atoms in total. The van der Waals surface area contributed by atoms with E-state index >= 15 is 0 Å². The van der Waals surface area contributed by atoms with Crippen molar-refractivity contribution in [1.29, 1.82) is 0 Å². The SMILES string of the molecule is C=C/C=C(\C=C)NC(=O)c1cncc(C)c1.CC. The number of nitrogens with zero attached hydrogens (tertiary/aromatic N) is 1. The molecule has 0 aliphatic heterocycles. The Morgan fingerprint density at radius 2 is 2.00 bits per heavy atom. The molecule has 1 N–H and O–H groups in total. The molecule has 1 rings (SSSR count). The van der Waals surface area contributed by atoms with Gasteiger partial charge in [0.05, 0.1) is 5.56 Å².